The third-order valence-corrected chi connectivity index (χ3v) is 14.1. The van der Waals surface area contributed by atoms with Crippen molar-refractivity contribution < 1.29 is 14.7 Å². The Morgan fingerprint density at radius 1 is 0.985 bits per heavy atom. The molecule has 2 fully saturated rings. The molecule has 1 aliphatic carbocycles. The van der Waals surface area contributed by atoms with Gasteiger partial charge in [-0.1, -0.05) is 40.3 Å². The lowest BCUT2D eigenvalue weighted by molar-refractivity contribution is -0.111. The van der Waals surface area contributed by atoms with Gasteiger partial charge in [0, 0.05) is 105 Å². The van der Waals surface area contributed by atoms with Crippen molar-refractivity contribution in [1.29, 1.82) is 0 Å². The molecule has 15 heteroatoms. The Kier molecular flexibility index (Phi) is 12.1. The van der Waals surface area contributed by atoms with Crippen molar-refractivity contribution in [2.75, 3.05) is 58.1 Å². The highest BCUT2D eigenvalue weighted by molar-refractivity contribution is 6.06. The molecule has 346 valence electrons. The average Bonchev–Trinajstić information content (AvgIpc) is 3.79. The maximum atomic E-state index is 14.0. The number of benzene rings is 1. The smallest absolute Gasteiger partial charge is 0.293 e. The summed E-state index contributed by atoms with van der Waals surface area (Å²) < 4.78 is 3.59. The highest BCUT2D eigenvalue weighted by Gasteiger charge is 2.38. The van der Waals surface area contributed by atoms with E-state index >= 15 is 0 Å². The number of carbonyl (C=O) groups excluding carboxylic acids is 2. The van der Waals surface area contributed by atoms with Gasteiger partial charge in [0.15, 0.2) is 5.82 Å². The largest absolute Gasteiger partial charge is 0.392 e. The number of hydrogen-bond donors (Lipinski definition) is 3. The van der Waals surface area contributed by atoms with Crippen LogP contribution >= 0.6 is 0 Å². The van der Waals surface area contributed by atoms with Crippen LogP contribution in [-0.4, -0.2) is 96.8 Å². The lowest BCUT2D eigenvalue weighted by Gasteiger charge is -2.48. The van der Waals surface area contributed by atoms with Gasteiger partial charge in [-0.05, 0) is 105 Å². The Bertz CT molecular complexity index is 2760. The molecule has 5 aromatic rings. The Hall–Kier alpha value is -6.32. The van der Waals surface area contributed by atoms with Crippen LogP contribution in [0, 0.1) is 5.41 Å². The highest BCUT2D eigenvalue weighted by Crippen LogP contribution is 2.41. The molecule has 4 aromatic heterocycles. The van der Waals surface area contributed by atoms with Crippen molar-refractivity contribution in [3.05, 3.63) is 112 Å². The van der Waals surface area contributed by atoms with E-state index in [1.165, 1.54) is 21.9 Å². The van der Waals surface area contributed by atoms with Crippen molar-refractivity contribution >= 4 is 46.3 Å². The molecular formula is C51H63N11O4. The molecule has 0 saturated carbocycles. The van der Waals surface area contributed by atoms with E-state index in [-0.39, 0.29) is 34.6 Å². The lowest BCUT2D eigenvalue weighted by Crippen LogP contribution is -2.58. The number of aliphatic hydroxyl groups is 1. The molecule has 0 bridgehead atoms. The summed E-state index contributed by atoms with van der Waals surface area (Å²) >= 11 is 0. The average molecular weight is 894 g/mol. The lowest BCUT2D eigenvalue weighted by atomic mass is 9.90. The molecule has 2 amide bonds. The third-order valence-electron chi connectivity index (χ3n) is 14.1. The maximum absolute atomic E-state index is 14.0. The van der Waals surface area contributed by atoms with Gasteiger partial charge in [0.2, 0.25) is 5.91 Å². The Labute approximate surface area is 387 Å². The monoisotopic (exact) mass is 894 g/mol. The Balaban J connectivity index is 0.928. The van der Waals surface area contributed by atoms with E-state index in [0.29, 0.717) is 70.8 Å². The number of carbonyl (C=O) groups is 2. The van der Waals surface area contributed by atoms with Crippen molar-refractivity contribution in [2.45, 2.75) is 104 Å². The number of pyridine rings is 2. The van der Waals surface area contributed by atoms with Crippen LogP contribution in [-0.2, 0) is 37.8 Å². The minimum atomic E-state index is -0.397. The topological polar surface area (TPSA) is 157 Å². The summed E-state index contributed by atoms with van der Waals surface area (Å²) in [5.74, 6) is 1.37. The molecule has 3 N–H and O–H groups in total. The highest BCUT2D eigenvalue weighted by atomic mass is 16.3. The fraction of sp³-hybridized carbons (Fsp3) is 0.451. The van der Waals surface area contributed by atoms with Crippen molar-refractivity contribution in [3.8, 4) is 11.3 Å². The van der Waals surface area contributed by atoms with Crippen LogP contribution in [0.25, 0.3) is 11.3 Å². The molecular weight excluding hydrogens is 831 g/mol. The van der Waals surface area contributed by atoms with Crippen LogP contribution < -0.4 is 30.9 Å². The van der Waals surface area contributed by atoms with E-state index in [1.54, 1.807) is 30.4 Å². The minimum absolute atomic E-state index is 0.0565. The number of piperidine rings is 1. The van der Waals surface area contributed by atoms with Crippen LogP contribution in [0.15, 0.2) is 78.4 Å². The van der Waals surface area contributed by atoms with E-state index in [4.69, 9.17) is 9.97 Å². The Morgan fingerprint density at radius 2 is 1.80 bits per heavy atom. The van der Waals surface area contributed by atoms with Crippen molar-refractivity contribution in [1.82, 2.24) is 29.0 Å². The minimum Gasteiger partial charge on any atom is -0.392 e. The molecule has 9 rings (SSSR count). The first-order chi connectivity index (χ1) is 31.6. The number of anilines is 6. The molecule has 1 unspecified atom stereocenters. The zero-order valence-corrected chi connectivity index (χ0v) is 39.3. The van der Waals surface area contributed by atoms with Crippen LogP contribution in [0.5, 0.6) is 0 Å². The second-order valence-corrected chi connectivity index (χ2v) is 19.7. The summed E-state index contributed by atoms with van der Waals surface area (Å²) in [6.45, 7) is 21.3. The molecule has 15 nitrogen and oxygen atoms in total. The van der Waals surface area contributed by atoms with Crippen LogP contribution in [0.2, 0.25) is 0 Å². The molecule has 1 aromatic carbocycles. The van der Waals surface area contributed by atoms with Crippen LogP contribution in [0.3, 0.4) is 0 Å². The summed E-state index contributed by atoms with van der Waals surface area (Å²) in [6.07, 6.45) is 8.46. The summed E-state index contributed by atoms with van der Waals surface area (Å²) in [5, 5.41) is 17.1. The van der Waals surface area contributed by atoms with Gasteiger partial charge in [0.05, 0.1) is 23.7 Å². The van der Waals surface area contributed by atoms with Crippen LogP contribution in [0.4, 0.5) is 34.5 Å². The molecule has 3 atom stereocenters. The number of piperazine rings is 1. The van der Waals surface area contributed by atoms with E-state index in [0.717, 1.165) is 69.1 Å². The van der Waals surface area contributed by atoms with Gasteiger partial charge in [-0.3, -0.25) is 24.2 Å². The SMILES string of the molecule is C=CC(=O)Nc1cc(Nc2nc(-c3ccnc(N4CCn5c(cc6c5CC(C)(C)C6)C4=O)c3CO)cn(C)c2=O)ccc1N1CCN(C2CCN(c3cccc(C(C)C)n3)[C@H](C)C2)C[C@@H]1C. The number of nitrogens with zero attached hydrogens (tertiary/aromatic N) is 9. The number of nitrogens with one attached hydrogen (secondary N) is 2. The predicted octanol–water partition coefficient (Wildman–Crippen LogP) is 6.88. The van der Waals surface area contributed by atoms with Gasteiger partial charge in [-0.2, -0.15) is 0 Å². The predicted molar refractivity (Wildman–Crippen MR) is 261 cm³/mol. The number of rotatable bonds is 11. The van der Waals surface area contributed by atoms with E-state index in [1.807, 2.05) is 24.3 Å². The van der Waals surface area contributed by atoms with E-state index < -0.39 is 6.61 Å². The van der Waals surface area contributed by atoms with Crippen molar-refractivity contribution in [3.63, 3.8) is 0 Å². The van der Waals surface area contributed by atoms with E-state index in [2.05, 4.69) is 101 Å². The first-order valence-corrected chi connectivity index (χ1v) is 23.4. The first kappa shape index (κ1) is 44.9. The number of hydrogen-bond acceptors (Lipinski definition) is 11. The van der Waals surface area contributed by atoms with Gasteiger partial charge < -0.3 is 34.7 Å². The number of aryl methyl sites for hydroxylation is 1. The normalized spacial score (nSPS) is 20.7. The number of aromatic nitrogens is 5. The zero-order chi connectivity index (χ0) is 46.6. The number of fused-ring (bicyclic) bond motifs is 3. The van der Waals surface area contributed by atoms with Gasteiger partial charge in [-0.15, -0.1) is 0 Å². The van der Waals surface area contributed by atoms with Gasteiger partial charge in [0.1, 0.15) is 17.3 Å². The van der Waals surface area contributed by atoms with Gasteiger partial charge >= 0.3 is 0 Å². The quantitative estimate of drug-likeness (QED) is 0.119. The fourth-order valence-corrected chi connectivity index (χ4v) is 10.7. The summed E-state index contributed by atoms with van der Waals surface area (Å²) in [6, 6.07) is 16.8. The van der Waals surface area contributed by atoms with E-state index in [9.17, 15) is 19.5 Å². The number of aliphatic hydroxyl groups excluding tert-OH is 1. The zero-order valence-electron chi connectivity index (χ0n) is 39.3. The molecule has 0 spiro atoms. The van der Waals surface area contributed by atoms with Crippen molar-refractivity contribution in [2.24, 2.45) is 12.5 Å². The first-order valence-electron chi connectivity index (χ1n) is 23.4. The van der Waals surface area contributed by atoms with Crippen LogP contribution in [0.1, 0.15) is 93.3 Å². The second kappa shape index (κ2) is 17.8. The summed E-state index contributed by atoms with van der Waals surface area (Å²) in [7, 11) is 1.65. The number of amides is 2. The van der Waals surface area contributed by atoms with Gasteiger partial charge in [0.25, 0.3) is 11.5 Å². The summed E-state index contributed by atoms with van der Waals surface area (Å²) in [5.41, 5.74) is 7.44. The molecule has 7 heterocycles. The molecule has 66 heavy (non-hydrogen) atoms. The summed E-state index contributed by atoms with van der Waals surface area (Å²) in [4.78, 5) is 64.1. The third kappa shape index (κ3) is 8.50. The molecule has 4 aliphatic rings. The standard InChI is InChI=1S/C51H63N11O4/c1-9-46(64)55-40-25-35(13-14-42(40)59-20-19-58(28-33(59)5)36-16-18-60(32(4)23-36)45-12-10-11-39(54-45)31(2)3)53-47-50(66)57(8)29-41(56-47)37-15-17-52-48(38(37)30-63)62-22-21-61-43(49(62)65)24-34-26-51(6,7)27-44(34)61/h9-15,17,24-25,29,31-33,36,63H,1,16,18-23,26-28,30H2,2-8H3,(H,53,56)(H,55,64)/t32-,33+,36?/m1/s1. The second-order valence-electron chi connectivity index (χ2n) is 19.7. The Morgan fingerprint density at radius 3 is 2.55 bits per heavy atom. The molecule has 2 saturated heterocycles. The fourth-order valence-electron chi connectivity index (χ4n) is 10.7. The maximum Gasteiger partial charge on any atom is 0.293 e. The molecule has 0 radical (unpaired) electrons. The van der Waals surface area contributed by atoms with Gasteiger partial charge in [-0.25, -0.2) is 15.0 Å². The molecule has 3 aliphatic heterocycles.